The zero-order chi connectivity index (χ0) is 8.81. The van der Waals surface area contributed by atoms with Crippen molar-refractivity contribution in [2.45, 2.75) is 9.71 Å². The van der Waals surface area contributed by atoms with Crippen LogP contribution in [0.25, 0.3) is 0 Å². The Kier molecular flexibility index (Phi) is 1.99. The highest BCUT2D eigenvalue weighted by Crippen LogP contribution is 2.33. The molecular formula is C5HCl3O3. The van der Waals surface area contributed by atoms with Crippen molar-refractivity contribution < 1.29 is 14.4 Å². The number of carbonyl (C=O) groups excluding carboxylic acids is 3. The zero-order valence-electron chi connectivity index (χ0n) is 4.94. The molecule has 1 fully saturated rings. The molecule has 0 aromatic carbocycles. The third-order valence-corrected chi connectivity index (χ3v) is 2.39. The second-order valence-corrected chi connectivity index (χ2v) is 3.76. The topological polar surface area (TPSA) is 51.2 Å². The van der Waals surface area contributed by atoms with Gasteiger partial charge in [0.25, 0.3) is 0 Å². The van der Waals surface area contributed by atoms with Crippen LogP contribution in [-0.4, -0.2) is 27.1 Å². The summed E-state index contributed by atoms with van der Waals surface area (Å²) in [5.74, 6) is -3.15. The number of alkyl halides is 3. The molecule has 0 radical (unpaired) electrons. The highest BCUT2D eigenvalue weighted by molar-refractivity contribution is 6.84. The molecule has 0 aromatic heterocycles. The number of hydrogen-bond donors (Lipinski definition) is 0. The van der Waals surface area contributed by atoms with E-state index in [9.17, 15) is 14.4 Å². The number of carbonyl (C=O) groups is 3. The van der Waals surface area contributed by atoms with Crippen molar-refractivity contribution in [1.29, 1.82) is 0 Å². The fourth-order valence-corrected chi connectivity index (χ4v) is 1.44. The average molecular weight is 215 g/mol. The van der Waals surface area contributed by atoms with Crippen LogP contribution in [0.15, 0.2) is 0 Å². The molecule has 1 aliphatic rings. The maximum absolute atomic E-state index is 10.8. The van der Waals surface area contributed by atoms with Crippen molar-refractivity contribution >= 4 is 52.2 Å². The molecule has 11 heavy (non-hydrogen) atoms. The predicted octanol–water partition coefficient (Wildman–Crippen LogP) is 0.489. The van der Waals surface area contributed by atoms with Gasteiger partial charge in [-0.25, -0.2) is 0 Å². The number of halogens is 3. The van der Waals surface area contributed by atoms with E-state index in [-0.39, 0.29) is 0 Å². The molecule has 0 aromatic rings. The summed E-state index contributed by atoms with van der Waals surface area (Å²) < 4.78 is -2.26. The van der Waals surface area contributed by atoms with Crippen molar-refractivity contribution in [3.05, 3.63) is 0 Å². The minimum Gasteiger partial charge on any atom is -0.294 e. The maximum atomic E-state index is 10.8. The van der Waals surface area contributed by atoms with Crippen LogP contribution >= 0.6 is 34.8 Å². The van der Waals surface area contributed by atoms with Gasteiger partial charge in [-0.1, -0.05) is 23.2 Å². The Balaban J connectivity index is 3.16. The van der Waals surface area contributed by atoms with E-state index in [0.717, 1.165) is 0 Å². The second-order valence-electron chi connectivity index (χ2n) is 1.99. The lowest BCUT2D eigenvalue weighted by Crippen LogP contribution is -2.29. The molecule has 60 valence electrons. The van der Waals surface area contributed by atoms with Crippen molar-refractivity contribution in [2.24, 2.45) is 0 Å². The first-order valence-electron chi connectivity index (χ1n) is 2.54. The first kappa shape index (κ1) is 8.97. The fraction of sp³-hybridized carbons (Fsp3) is 0.400. The molecule has 0 saturated heterocycles. The van der Waals surface area contributed by atoms with E-state index >= 15 is 0 Å². The Labute approximate surface area is 76.6 Å². The number of Topliss-reactive ketones (excluding diaryl/α,β-unsaturated/α-hetero) is 3. The van der Waals surface area contributed by atoms with Crippen molar-refractivity contribution in [2.75, 3.05) is 0 Å². The largest absolute Gasteiger partial charge is 0.294 e. The van der Waals surface area contributed by atoms with Gasteiger partial charge in [-0.2, -0.15) is 0 Å². The smallest absolute Gasteiger partial charge is 0.244 e. The van der Waals surface area contributed by atoms with Gasteiger partial charge in [0.05, 0.1) is 0 Å². The van der Waals surface area contributed by atoms with E-state index in [0.29, 0.717) is 0 Å². The Morgan fingerprint density at radius 1 is 1.18 bits per heavy atom. The Morgan fingerprint density at radius 3 is 1.73 bits per heavy atom. The molecule has 0 bridgehead atoms. The van der Waals surface area contributed by atoms with Crippen LogP contribution in [0.2, 0.25) is 0 Å². The maximum Gasteiger partial charge on any atom is 0.244 e. The normalized spacial score (nSPS) is 29.7. The third kappa shape index (κ3) is 1.08. The first-order chi connectivity index (χ1) is 4.89. The van der Waals surface area contributed by atoms with Crippen LogP contribution in [0.5, 0.6) is 0 Å². The van der Waals surface area contributed by atoms with Crippen LogP contribution in [-0.2, 0) is 14.4 Å². The van der Waals surface area contributed by atoms with Gasteiger partial charge in [-0.15, -0.1) is 11.6 Å². The average Bonchev–Trinajstić information content (AvgIpc) is 2.06. The summed E-state index contributed by atoms with van der Waals surface area (Å²) in [6, 6.07) is 0. The summed E-state index contributed by atoms with van der Waals surface area (Å²) >= 11 is 15.6. The second kappa shape index (κ2) is 2.44. The van der Waals surface area contributed by atoms with Crippen LogP contribution in [0.4, 0.5) is 0 Å². The molecule has 0 spiro atoms. The minimum atomic E-state index is -2.26. The molecule has 3 nitrogen and oxygen atoms in total. The Morgan fingerprint density at radius 2 is 1.64 bits per heavy atom. The molecule has 1 rings (SSSR count). The monoisotopic (exact) mass is 214 g/mol. The number of rotatable bonds is 0. The Hall–Kier alpha value is -0.120. The molecule has 1 saturated carbocycles. The summed E-state index contributed by atoms with van der Waals surface area (Å²) in [5.41, 5.74) is 0. The van der Waals surface area contributed by atoms with E-state index in [4.69, 9.17) is 34.8 Å². The van der Waals surface area contributed by atoms with Crippen LogP contribution < -0.4 is 0 Å². The summed E-state index contributed by atoms with van der Waals surface area (Å²) in [5, 5.41) is -1.52. The van der Waals surface area contributed by atoms with Gasteiger partial charge < -0.3 is 0 Å². The highest BCUT2D eigenvalue weighted by Gasteiger charge is 2.58. The fourth-order valence-electron chi connectivity index (χ4n) is 0.660. The molecule has 0 heterocycles. The lowest BCUT2D eigenvalue weighted by molar-refractivity contribution is -0.134. The molecule has 0 N–H and O–H groups in total. The number of ketones is 3. The summed E-state index contributed by atoms with van der Waals surface area (Å²) in [4.78, 5) is 32.2. The molecular weight excluding hydrogens is 214 g/mol. The van der Waals surface area contributed by atoms with Crippen LogP contribution in [0.1, 0.15) is 0 Å². The lowest BCUT2D eigenvalue weighted by atomic mass is 10.3. The first-order valence-corrected chi connectivity index (χ1v) is 3.73. The van der Waals surface area contributed by atoms with Gasteiger partial charge in [-0.3, -0.25) is 14.4 Å². The van der Waals surface area contributed by atoms with Crippen molar-refractivity contribution in [1.82, 2.24) is 0 Å². The van der Waals surface area contributed by atoms with Gasteiger partial charge in [-0.05, 0) is 0 Å². The van der Waals surface area contributed by atoms with Gasteiger partial charge in [0.2, 0.25) is 21.7 Å². The molecule has 1 atom stereocenters. The third-order valence-electron chi connectivity index (χ3n) is 1.28. The molecule has 1 unspecified atom stereocenters. The predicted molar refractivity (Wildman–Crippen MR) is 39.1 cm³/mol. The van der Waals surface area contributed by atoms with Gasteiger partial charge in [0.1, 0.15) is 0 Å². The summed E-state index contributed by atoms with van der Waals surface area (Å²) in [6.07, 6.45) is 0. The van der Waals surface area contributed by atoms with E-state index in [1.807, 2.05) is 0 Å². The summed E-state index contributed by atoms with van der Waals surface area (Å²) in [7, 11) is 0. The molecule has 0 aliphatic heterocycles. The highest BCUT2D eigenvalue weighted by atomic mass is 35.5. The van der Waals surface area contributed by atoms with E-state index in [1.165, 1.54) is 0 Å². The van der Waals surface area contributed by atoms with Gasteiger partial charge in [0, 0.05) is 0 Å². The zero-order valence-corrected chi connectivity index (χ0v) is 7.20. The van der Waals surface area contributed by atoms with Crippen molar-refractivity contribution in [3.63, 3.8) is 0 Å². The summed E-state index contributed by atoms with van der Waals surface area (Å²) in [6.45, 7) is 0. The molecule has 6 heteroatoms. The standard InChI is InChI=1S/C5HCl3O3/c6-1-2(9)4(11)5(7,8)3(1)10/h1H. The molecule has 0 amide bonds. The Bertz CT molecular complexity index is 258. The van der Waals surface area contributed by atoms with E-state index in [2.05, 4.69) is 0 Å². The molecule has 1 aliphatic carbocycles. The van der Waals surface area contributed by atoms with E-state index < -0.39 is 27.1 Å². The van der Waals surface area contributed by atoms with Crippen LogP contribution in [0.3, 0.4) is 0 Å². The van der Waals surface area contributed by atoms with Gasteiger partial charge in [0.15, 0.2) is 5.38 Å². The quantitative estimate of drug-likeness (QED) is 0.336. The number of hydrogen-bond acceptors (Lipinski definition) is 3. The van der Waals surface area contributed by atoms with E-state index in [1.54, 1.807) is 0 Å². The van der Waals surface area contributed by atoms with Crippen LogP contribution in [0, 0.1) is 0 Å². The SMILES string of the molecule is O=C1C(=O)C(Cl)(Cl)C(=O)C1Cl. The lowest BCUT2D eigenvalue weighted by Gasteiger charge is -2.03. The minimum absolute atomic E-state index is 0.961. The van der Waals surface area contributed by atoms with Crippen molar-refractivity contribution in [3.8, 4) is 0 Å². The van der Waals surface area contributed by atoms with Gasteiger partial charge >= 0.3 is 0 Å².